The molecule has 1 atom stereocenters. The zero-order valence-corrected chi connectivity index (χ0v) is 11.6. The molecular formula is C15H17F3N2O. The van der Waals surface area contributed by atoms with Crippen LogP contribution in [0.3, 0.4) is 0 Å². The van der Waals surface area contributed by atoms with Crippen molar-refractivity contribution in [3.63, 3.8) is 0 Å². The number of hydrogen-bond donors (Lipinski definition) is 0. The monoisotopic (exact) mass is 298 g/mol. The van der Waals surface area contributed by atoms with Crippen molar-refractivity contribution in [1.82, 2.24) is 4.90 Å². The first-order chi connectivity index (χ1) is 9.99. The minimum Gasteiger partial charge on any atom is -0.492 e. The first-order valence-electron chi connectivity index (χ1n) is 6.91. The standard InChI is InChI=1S/C15H17F3N2O/c16-15(17,18)13-2-1-7-20(11-13)8-9-21-14-5-3-12(10-19)4-6-14/h3-6,13H,1-2,7-9,11H2. The van der Waals surface area contributed by atoms with Crippen molar-refractivity contribution >= 4 is 0 Å². The van der Waals surface area contributed by atoms with E-state index in [-0.39, 0.29) is 13.0 Å². The van der Waals surface area contributed by atoms with E-state index >= 15 is 0 Å². The van der Waals surface area contributed by atoms with Crippen LogP contribution < -0.4 is 4.74 Å². The molecule has 0 aromatic heterocycles. The molecule has 6 heteroatoms. The Morgan fingerprint density at radius 1 is 1.29 bits per heavy atom. The zero-order valence-electron chi connectivity index (χ0n) is 11.6. The third-order valence-corrected chi connectivity index (χ3v) is 3.63. The van der Waals surface area contributed by atoms with Crippen molar-refractivity contribution in [3.8, 4) is 11.8 Å². The van der Waals surface area contributed by atoms with Crippen LogP contribution in [0.2, 0.25) is 0 Å². The SMILES string of the molecule is N#Cc1ccc(OCCN2CCCC(C(F)(F)F)C2)cc1. The Labute approximate surface area is 121 Å². The second-order valence-electron chi connectivity index (χ2n) is 5.17. The highest BCUT2D eigenvalue weighted by atomic mass is 19.4. The van der Waals surface area contributed by atoms with E-state index in [1.165, 1.54) is 0 Å². The van der Waals surface area contributed by atoms with E-state index in [1.54, 1.807) is 29.2 Å². The fourth-order valence-electron chi connectivity index (χ4n) is 2.44. The molecule has 1 saturated heterocycles. The number of nitriles is 1. The van der Waals surface area contributed by atoms with Gasteiger partial charge in [-0.1, -0.05) is 0 Å². The molecular weight excluding hydrogens is 281 g/mol. The molecule has 1 fully saturated rings. The number of piperidine rings is 1. The van der Waals surface area contributed by atoms with Gasteiger partial charge >= 0.3 is 6.18 Å². The van der Waals surface area contributed by atoms with E-state index < -0.39 is 12.1 Å². The van der Waals surface area contributed by atoms with Gasteiger partial charge in [-0.05, 0) is 43.7 Å². The highest BCUT2D eigenvalue weighted by Gasteiger charge is 2.41. The molecule has 3 nitrogen and oxygen atoms in total. The molecule has 0 spiro atoms. The predicted molar refractivity (Wildman–Crippen MR) is 71.9 cm³/mol. The molecule has 0 bridgehead atoms. The Morgan fingerprint density at radius 3 is 2.62 bits per heavy atom. The molecule has 1 aromatic carbocycles. The highest BCUT2D eigenvalue weighted by Crippen LogP contribution is 2.32. The molecule has 1 heterocycles. The number of alkyl halides is 3. The van der Waals surface area contributed by atoms with Crippen LogP contribution in [0.4, 0.5) is 13.2 Å². The molecule has 0 amide bonds. The van der Waals surface area contributed by atoms with Gasteiger partial charge in [0, 0.05) is 13.1 Å². The number of likely N-dealkylation sites (tertiary alicyclic amines) is 1. The third kappa shape index (κ3) is 4.64. The maximum Gasteiger partial charge on any atom is 0.393 e. The van der Waals surface area contributed by atoms with E-state index in [4.69, 9.17) is 10.00 Å². The van der Waals surface area contributed by atoms with E-state index in [9.17, 15) is 13.2 Å². The second-order valence-corrected chi connectivity index (χ2v) is 5.17. The summed E-state index contributed by atoms with van der Waals surface area (Å²) in [5.74, 6) is -0.598. The maximum atomic E-state index is 12.7. The van der Waals surface area contributed by atoms with E-state index in [0.717, 1.165) is 0 Å². The predicted octanol–water partition coefficient (Wildman–Crippen LogP) is 3.21. The molecule has 1 aliphatic heterocycles. The lowest BCUT2D eigenvalue weighted by Crippen LogP contribution is -2.43. The number of halogens is 3. The summed E-state index contributed by atoms with van der Waals surface area (Å²) in [5, 5.41) is 8.68. The number of hydrogen-bond acceptors (Lipinski definition) is 3. The van der Waals surface area contributed by atoms with Crippen molar-refractivity contribution in [3.05, 3.63) is 29.8 Å². The van der Waals surface area contributed by atoms with Gasteiger partial charge in [0.05, 0.1) is 17.6 Å². The van der Waals surface area contributed by atoms with Gasteiger partial charge in [0.25, 0.3) is 0 Å². The lowest BCUT2D eigenvalue weighted by molar-refractivity contribution is -0.186. The van der Waals surface area contributed by atoms with Gasteiger partial charge in [-0.15, -0.1) is 0 Å². The number of ether oxygens (including phenoxy) is 1. The van der Waals surface area contributed by atoms with E-state index in [1.807, 2.05) is 6.07 Å². The average molecular weight is 298 g/mol. The molecule has 0 saturated carbocycles. The summed E-state index contributed by atoms with van der Waals surface area (Å²) in [6.45, 7) is 1.56. The number of nitrogens with zero attached hydrogens (tertiary/aromatic N) is 2. The van der Waals surface area contributed by atoms with Gasteiger partial charge in [-0.2, -0.15) is 18.4 Å². The average Bonchev–Trinajstić information content (AvgIpc) is 2.47. The molecule has 1 unspecified atom stereocenters. The molecule has 0 N–H and O–H groups in total. The van der Waals surface area contributed by atoms with E-state index in [0.29, 0.717) is 37.4 Å². The van der Waals surface area contributed by atoms with Crippen LogP contribution in [-0.4, -0.2) is 37.3 Å². The summed E-state index contributed by atoms with van der Waals surface area (Å²) < 4.78 is 43.6. The third-order valence-electron chi connectivity index (χ3n) is 3.63. The Bertz CT molecular complexity index is 493. The lowest BCUT2D eigenvalue weighted by Gasteiger charge is -2.33. The van der Waals surface area contributed by atoms with Gasteiger partial charge < -0.3 is 4.74 Å². The summed E-state index contributed by atoms with van der Waals surface area (Å²) >= 11 is 0. The summed E-state index contributed by atoms with van der Waals surface area (Å²) in [4.78, 5) is 1.80. The van der Waals surface area contributed by atoms with Gasteiger partial charge in [0.1, 0.15) is 12.4 Å². The summed E-state index contributed by atoms with van der Waals surface area (Å²) in [7, 11) is 0. The lowest BCUT2D eigenvalue weighted by atomic mass is 9.98. The quantitative estimate of drug-likeness (QED) is 0.856. The summed E-state index contributed by atoms with van der Waals surface area (Å²) in [5.41, 5.74) is 0.548. The van der Waals surface area contributed by atoms with Gasteiger partial charge in [-0.25, -0.2) is 0 Å². The van der Waals surface area contributed by atoms with Crippen molar-refractivity contribution in [1.29, 1.82) is 5.26 Å². The maximum absolute atomic E-state index is 12.7. The van der Waals surface area contributed by atoms with Crippen LogP contribution in [0.1, 0.15) is 18.4 Å². The molecule has 1 aliphatic rings. The highest BCUT2D eigenvalue weighted by molar-refractivity contribution is 5.34. The normalized spacial score (nSPS) is 20.0. The Morgan fingerprint density at radius 2 is 2.00 bits per heavy atom. The molecule has 0 radical (unpaired) electrons. The number of rotatable bonds is 4. The molecule has 114 valence electrons. The topological polar surface area (TPSA) is 36.3 Å². The Kier molecular flexibility index (Phi) is 5.07. The van der Waals surface area contributed by atoms with E-state index in [2.05, 4.69) is 0 Å². The Balaban J connectivity index is 1.76. The first-order valence-corrected chi connectivity index (χ1v) is 6.91. The number of benzene rings is 1. The van der Waals surface area contributed by atoms with Crippen molar-refractivity contribution < 1.29 is 17.9 Å². The molecule has 0 aliphatic carbocycles. The fourth-order valence-corrected chi connectivity index (χ4v) is 2.44. The smallest absolute Gasteiger partial charge is 0.393 e. The molecule has 2 rings (SSSR count). The van der Waals surface area contributed by atoms with Crippen LogP contribution >= 0.6 is 0 Å². The van der Waals surface area contributed by atoms with Gasteiger partial charge in [0.15, 0.2) is 0 Å². The zero-order chi connectivity index (χ0) is 15.3. The fraction of sp³-hybridized carbons (Fsp3) is 0.533. The minimum absolute atomic E-state index is 0.0558. The van der Waals surface area contributed by atoms with Crippen LogP contribution in [0.15, 0.2) is 24.3 Å². The van der Waals surface area contributed by atoms with Gasteiger partial charge in [0.2, 0.25) is 0 Å². The van der Waals surface area contributed by atoms with Crippen LogP contribution in [-0.2, 0) is 0 Å². The minimum atomic E-state index is -4.10. The largest absolute Gasteiger partial charge is 0.492 e. The first kappa shape index (κ1) is 15.6. The second kappa shape index (κ2) is 6.81. The summed E-state index contributed by atoms with van der Waals surface area (Å²) in [6, 6.07) is 8.68. The summed E-state index contributed by atoms with van der Waals surface area (Å²) in [6.07, 6.45) is -3.32. The van der Waals surface area contributed by atoms with Gasteiger partial charge in [-0.3, -0.25) is 4.90 Å². The van der Waals surface area contributed by atoms with Crippen molar-refractivity contribution in [2.45, 2.75) is 19.0 Å². The molecule has 1 aromatic rings. The van der Waals surface area contributed by atoms with Crippen LogP contribution in [0.5, 0.6) is 5.75 Å². The van der Waals surface area contributed by atoms with Crippen LogP contribution in [0.25, 0.3) is 0 Å². The molecule has 21 heavy (non-hydrogen) atoms. The van der Waals surface area contributed by atoms with Crippen molar-refractivity contribution in [2.75, 3.05) is 26.2 Å². The Hall–Kier alpha value is -1.74. The van der Waals surface area contributed by atoms with Crippen LogP contribution in [0, 0.1) is 17.2 Å². The van der Waals surface area contributed by atoms with Crippen molar-refractivity contribution in [2.24, 2.45) is 5.92 Å².